The molecular formula is C19H24N6O3. The van der Waals surface area contributed by atoms with Crippen LogP contribution in [0.3, 0.4) is 0 Å². The maximum atomic E-state index is 12.4. The second-order valence-electron chi connectivity index (χ2n) is 6.08. The molecule has 2 heterocycles. The van der Waals surface area contributed by atoms with Crippen molar-refractivity contribution in [3.8, 4) is 11.5 Å². The molecule has 0 spiro atoms. The summed E-state index contributed by atoms with van der Waals surface area (Å²) in [5.74, 6) is 1.66. The molecule has 0 fully saturated rings. The summed E-state index contributed by atoms with van der Waals surface area (Å²) in [6.07, 6.45) is 4.26. The van der Waals surface area contributed by atoms with E-state index in [1.54, 1.807) is 36.2 Å². The van der Waals surface area contributed by atoms with Crippen molar-refractivity contribution >= 4 is 22.8 Å². The summed E-state index contributed by atoms with van der Waals surface area (Å²) in [4.78, 5) is 21.0. The van der Waals surface area contributed by atoms with E-state index in [9.17, 15) is 4.79 Å². The van der Waals surface area contributed by atoms with Crippen LogP contribution in [0.4, 0.5) is 5.82 Å². The highest BCUT2D eigenvalue weighted by atomic mass is 16.5. The van der Waals surface area contributed by atoms with Crippen molar-refractivity contribution in [2.24, 2.45) is 0 Å². The number of rotatable bonds is 9. The van der Waals surface area contributed by atoms with Crippen LogP contribution in [0.1, 0.15) is 23.7 Å². The van der Waals surface area contributed by atoms with Crippen molar-refractivity contribution in [1.29, 1.82) is 0 Å². The number of carbonyl (C=O) groups excluding carboxylic acids is 1. The van der Waals surface area contributed by atoms with Gasteiger partial charge in [0.25, 0.3) is 5.91 Å². The lowest BCUT2D eigenvalue weighted by Gasteiger charge is -2.10. The van der Waals surface area contributed by atoms with Gasteiger partial charge in [-0.25, -0.2) is 14.6 Å². The zero-order valence-electron chi connectivity index (χ0n) is 16.2. The number of hydrogen-bond donors (Lipinski definition) is 2. The van der Waals surface area contributed by atoms with Gasteiger partial charge in [0.05, 0.1) is 32.3 Å². The lowest BCUT2D eigenvalue weighted by molar-refractivity contribution is 0.0951. The van der Waals surface area contributed by atoms with Crippen LogP contribution in [0.25, 0.3) is 11.0 Å². The molecule has 9 heteroatoms. The number of benzene rings is 1. The molecule has 0 saturated heterocycles. The molecule has 3 aromatic rings. The number of amides is 1. The Hall–Kier alpha value is -3.36. The maximum absolute atomic E-state index is 12.4. The van der Waals surface area contributed by atoms with E-state index in [0.29, 0.717) is 30.2 Å². The van der Waals surface area contributed by atoms with Gasteiger partial charge in [-0.2, -0.15) is 5.10 Å². The van der Waals surface area contributed by atoms with Crippen molar-refractivity contribution < 1.29 is 14.3 Å². The van der Waals surface area contributed by atoms with Crippen LogP contribution in [0.15, 0.2) is 30.7 Å². The van der Waals surface area contributed by atoms with Crippen molar-refractivity contribution in [1.82, 2.24) is 25.1 Å². The summed E-state index contributed by atoms with van der Waals surface area (Å²) >= 11 is 0. The Kier molecular flexibility index (Phi) is 6.25. The van der Waals surface area contributed by atoms with Gasteiger partial charge >= 0.3 is 0 Å². The van der Waals surface area contributed by atoms with Gasteiger partial charge in [-0.3, -0.25) is 4.79 Å². The van der Waals surface area contributed by atoms with Gasteiger partial charge < -0.3 is 20.1 Å². The Morgan fingerprint density at radius 2 is 1.96 bits per heavy atom. The number of fused-ring (bicyclic) bond motifs is 1. The molecule has 2 aromatic heterocycles. The minimum absolute atomic E-state index is 0.197. The molecule has 1 aromatic carbocycles. The highest BCUT2D eigenvalue weighted by molar-refractivity contribution is 5.94. The van der Waals surface area contributed by atoms with E-state index in [0.717, 1.165) is 29.8 Å². The van der Waals surface area contributed by atoms with E-state index in [-0.39, 0.29) is 5.91 Å². The molecule has 0 saturated carbocycles. The highest BCUT2D eigenvalue weighted by Crippen LogP contribution is 2.27. The van der Waals surface area contributed by atoms with Crippen molar-refractivity contribution in [3.05, 3.63) is 36.3 Å². The molecule has 28 heavy (non-hydrogen) atoms. The van der Waals surface area contributed by atoms with E-state index in [2.05, 4.69) is 32.6 Å². The molecule has 1 amide bonds. The van der Waals surface area contributed by atoms with Crippen LogP contribution in [-0.2, 0) is 6.54 Å². The molecule has 0 unspecified atom stereocenters. The fourth-order valence-corrected chi connectivity index (χ4v) is 2.80. The van der Waals surface area contributed by atoms with Gasteiger partial charge in [0, 0.05) is 18.7 Å². The zero-order valence-corrected chi connectivity index (χ0v) is 16.2. The third-order valence-electron chi connectivity index (χ3n) is 4.23. The van der Waals surface area contributed by atoms with Gasteiger partial charge in [-0.15, -0.1) is 0 Å². The third-order valence-corrected chi connectivity index (χ3v) is 4.23. The Labute approximate surface area is 163 Å². The van der Waals surface area contributed by atoms with Crippen LogP contribution in [0.2, 0.25) is 0 Å². The molecule has 0 bridgehead atoms. The van der Waals surface area contributed by atoms with E-state index >= 15 is 0 Å². The van der Waals surface area contributed by atoms with E-state index in [1.165, 1.54) is 13.4 Å². The summed E-state index contributed by atoms with van der Waals surface area (Å²) < 4.78 is 12.2. The summed E-state index contributed by atoms with van der Waals surface area (Å²) in [7, 11) is 3.09. The molecule has 2 N–H and O–H groups in total. The first-order chi connectivity index (χ1) is 13.7. The SMILES string of the molecule is CCCNc1ncnc2c1cnn2CCNC(=O)c1ccc(OC)c(OC)c1. The smallest absolute Gasteiger partial charge is 0.251 e. The van der Waals surface area contributed by atoms with Crippen LogP contribution in [-0.4, -0.2) is 53.0 Å². The van der Waals surface area contributed by atoms with Gasteiger partial charge in [-0.1, -0.05) is 6.92 Å². The second-order valence-corrected chi connectivity index (χ2v) is 6.08. The van der Waals surface area contributed by atoms with Gasteiger partial charge in [0.2, 0.25) is 0 Å². The number of carbonyl (C=O) groups is 1. The first-order valence-electron chi connectivity index (χ1n) is 9.08. The molecule has 3 rings (SSSR count). The molecule has 0 atom stereocenters. The van der Waals surface area contributed by atoms with Crippen molar-refractivity contribution in [2.45, 2.75) is 19.9 Å². The number of ether oxygens (including phenoxy) is 2. The standard InChI is InChI=1S/C19H24N6O3/c1-4-7-20-17-14-11-24-25(18(14)23-12-22-17)9-8-21-19(26)13-5-6-15(27-2)16(10-13)28-3/h5-6,10-12H,4,7-9H2,1-3H3,(H,21,26)(H,20,22,23). The normalized spacial score (nSPS) is 10.7. The van der Waals surface area contributed by atoms with E-state index in [4.69, 9.17) is 9.47 Å². The second kappa shape index (κ2) is 9.03. The molecule has 148 valence electrons. The monoisotopic (exact) mass is 384 g/mol. The molecule has 0 radical (unpaired) electrons. The van der Waals surface area contributed by atoms with Crippen LogP contribution >= 0.6 is 0 Å². The minimum Gasteiger partial charge on any atom is -0.493 e. The first-order valence-corrected chi connectivity index (χ1v) is 9.08. The number of nitrogens with zero attached hydrogens (tertiary/aromatic N) is 4. The highest BCUT2D eigenvalue weighted by Gasteiger charge is 2.12. The third kappa shape index (κ3) is 4.13. The predicted octanol–water partition coefficient (Wildman–Crippen LogP) is 2.10. The lowest BCUT2D eigenvalue weighted by atomic mass is 10.2. The van der Waals surface area contributed by atoms with Gasteiger partial charge in [0.15, 0.2) is 17.1 Å². The Bertz CT molecular complexity index is 956. The largest absolute Gasteiger partial charge is 0.493 e. The lowest BCUT2D eigenvalue weighted by Crippen LogP contribution is -2.27. The number of methoxy groups -OCH3 is 2. The summed E-state index contributed by atoms with van der Waals surface area (Å²) in [5.41, 5.74) is 1.23. The molecular weight excluding hydrogens is 360 g/mol. The predicted molar refractivity (Wildman–Crippen MR) is 106 cm³/mol. The molecule has 0 aliphatic rings. The zero-order chi connectivity index (χ0) is 19.9. The number of anilines is 1. The fraction of sp³-hybridized carbons (Fsp3) is 0.368. The molecule has 0 aliphatic carbocycles. The Morgan fingerprint density at radius 3 is 2.71 bits per heavy atom. The summed E-state index contributed by atoms with van der Waals surface area (Å²) in [6.45, 7) is 3.83. The number of nitrogens with one attached hydrogen (secondary N) is 2. The summed E-state index contributed by atoms with van der Waals surface area (Å²) in [6, 6.07) is 5.05. The Balaban J connectivity index is 1.64. The van der Waals surface area contributed by atoms with E-state index < -0.39 is 0 Å². The van der Waals surface area contributed by atoms with Crippen LogP contribution < -0.4 is 20.1 Å². The fourth-order valence-electron chi connectivity index (χ4n) is 2.80. The summed E-state index contributed by atoms with van der Waals surface area (Å²) in [5, 5.41) is 11.4. The molecule has 9 nitrogen and oxygen atoms in total. The number of aromatic nitrogens is 4. The van der Waals surface area contributed by atoms with Crippen molar-refractivity contribution in [2.75, 3.05) is 32.6 Å². The first kappa shape index (κ1) is 19.4. The minimum atomic E-state index is -0.197. The maximum Gasteiger partial charge on any atom is 0.251 e. The quantitative estimate of drug-likeness (QED) is 0.582. The van der Waals surface area contributed by atoms with Gasteiger partial charge in [-0.05, 0) is 24.6 Å². The number of hydrogen-bond acceptors (Lipinski definition) is 7. The van der Waals surface area contributed by atoms with Crippen molar-refractivity contribution in [3.63, 3.8) is 0 Å². The topological polar surface area (TPSA) is 103 Å². The van der Waals surface area contributed by atoms with Crippen LogP contribution in [0, 0.1) is 0 Å². The Morgan fingerprint density at radius 1 is 1.14 bits per heavy atom. The van der Waals surface area contributed by atoms with E-state index in [1.807, 2.05) is 0 Å². The average Bonchev–Trinajstić information content (AvgIpc) is 3.15. The average molecular weight is 384 g/mol. The molecule has 0 aliphatic heterocycles. The van der Waals surface area contributed by atoms with Crippen LogP contribution in [0.5, 0.6) is 11.5 Å². The van der Waals surface area contributed by atoms with Gasteiger partial charge in [0.1, 0.15) is 12.1 Å².